The maximum atomic E-state index is 12.3. The first-order valence-electron chi connectivity index (χ1n) is 9.46. The van der Waals surface area contributed by atoms with E-state index in [0.717, 1.165) is 21.3 Å². The van der Waals surface area contributed by atoms with Gasteiger partial charge in [0.05, 0.1) is 0 Å². The van der Waals surface area contributed by atoms with E-state index in [9.17, 15) is 9.59 Å². The van der Waals surface area contributed by atoms with Crippen molar-refractivity contribution in [1.82, 2.24) is 5.32 Å². The predicted molar refractivity (Wildman–Crippen MR) is 128 cm³/mol. The number of nitrogens with zero attached hydrogens (tertiary/aromatic N) is 1. The summed E-state index contributed by atoms with van der Waals surface area (Å²) < 4.78 is 6.76. The molecule has 0 saturated carbocycles. The van der Waals surface area contributed by atoms with E-state index < -0.39 is 0 Å². The van der Waals surface area contributed by atoms with Crippen molar-refractivity contribution in [2.45, 2.75) is 33.6 Å². The molecule has 2 amide bonds. The summed E-state index contributed by atoms with van der Waals surface area (Å²) in [7, 11) is 1.70. The molecular formula is C22H26BrN3O3S. The van der Waals surface area contributed by atoms with Crippen LogP contribution < -0.4 is 20.3 Å². The second kappa shape index (κ2) is 10.5. The van der Waals surface area contributed by atoms with Gasteiger partial charge in [-0.2, -0.15) is 0 Å². The number of carbonyl (C=O) groups excluding carboxylic acids is 2. The first-order valence-corrected chi connectivity index (χ1v) is 10.7. The molecule has 0 aliphatic heterocycles. The molecule has 0 bridgehead atoms. The molecule has 0 saturated heterocycles. The predicted octanol–water partition coefficient (Wildman–Crippen LogP) is 4.76. The van der Waals surface area contributed by atoms with Crippen molar-refractivity contribution < 1.29 is 14.3 Å². The summed E-state index contributed by atoms with van der Waals surface area (Å²) in [5, 5.41) is 5.73. The fraction of sp³-hybridized carbons (Fsp3) is 0.318. The fourth-order valence-electron chi connectivity index (χ4n) is 2.67. The number of carbonyl (C=O) groups is 2. The van der Waals surface area contributed by atoms with Crippen LogP contribution in [0, 0.1) is 6.92 Å². The van der Waals surface area contributed by atoms with Crippen LogP contribution in [0.2, 0.25) is 0 Å². The smallest absolute Gasteiger partial charge is 0.264 e. The molecule has 0 radical (unpaired) electrons. The van der Waals surface area contributed by atoms with Gasteiger partial charge in [0.15, 0.2) is 11.7 Å². The molecule has 2 aromatic rings. The molecule has 2 N–H and O–H groups in total. The second-order valence-electron chi connectivity index (χ2n) is 7.21. The van der Waals surface area contributed by atoms with Gasteiger partial charge in [-0.15, -0.1) is 0 Å². The first-order chi connectivity index (χ1) is 14.1. The Morgan fingerprint density at radius 3 is 2.40 bits per heavy atom. The highest BCUT2D eigenvalue weighted by Gasteiger charge is 2.13. The van der Waals surface area contributed by atoms with E-state index >= 15 is 0 Å². The summed E-state index contributed by atoms with van der Waals surface area (Å²) in [6, 6.07) is 11.1. The number of hydrogen-bond donors (Lipinski definition) is 2. The van der Waals surface area contributed by atoms with Gasteiger partial charge in [-0.05, 0) is 72.6 Å². The number of ether oxygens (including phenoxy) is 1. The number of amides is 2. The van der Waals surface area contributed by atoms with Crippen LogP contribution in [0.1, 0.15) is 37.8 Å². The quantitative estimate of drug-likeness (QED) is 0.570. The van der Waals surface area contributed by atoms with E-state index in [2.05, 4.69) is 40.4 Å². The van der Waals surface area contributed by atoms with Crippen molar-refractivity contribution in [3.8, 4) is 5.75 Å². The number of aryl methyl sites for hydroxylation is 1. The Morgan fingerprint density at radius 2 is 1.83 bits per heavy atom. The topological polar surface area (TPSA) is 70.7 Å². The Hall–Kier alpha value is -2.45. The molecular weight excluding hydrogens is 466 g/mol. The summed E-state index contributed by atoms with van der Waals surface area (Å²) in [6.07, 6.45) is 0. The van der Waals surface area contributed by atoms with E-state index in [1.807, 2.05) is 19.1 Å². The van der Waals surface area contributed by atoms with Crippen molar-refractivity contribution in [1.29, 1.82) is 0 Å². The molecule has 30 heavy (non-hydrogen) atoms. The number of benzene rings is 2. The number of halogens is 1. The molecule has 2 aromatic carbocycles. The Balaban J connectivity index is 1.92. The van der Waals surface area contributed by atoms with Gasteiger partial charge in [0.25, 0.3) is 5.91 Å². The van der Waals surface area contributed by atoms with Crippen molar-refractivity contribution in [3.63, 3.8) is 0 Å². The van der Waals surface area contributed by atoms with Gasteiger partial charge in [0, 0.05) is 29.8 Å². The lowest BCUT2D eigenvalue weighted by molar-refractivity contribution is -0.121. The van der Waals surface area contributed by atoms with Gasteiger partial charge < -0.3 is 15.0 Å². The number of hydrogen-bond acceptors (Lipinski definition) is 4. The largest absolute Gasteiger partial charge is 0.483 e. The van der Waals surface area contributed by atoms with E-state index in [-0.39, 0.29) is 29.5 Å². The van der Waals surface area contributed by atoms with Crippen molar-refractivity contribution >= 4 is 56.4 Å². The molecule has 6 nitrogen and oxygen atoms in total. The molecule has 8 heteroatoms. The van der Waals surface area contributed by atoms with Crippen molar-refractivity contribution in [2.75, 3.05) is 23.9 Å². The number of anilines is 2. The summed E-state index contributed by atoms with van der Waals surface area (Å²) >= 11 is 8.74. The Kier molecular flexibility index (Phi) is 8.37. The zero-order valence-corrected chi connectivity index (χ0v) is 20.1. The van der Waals surface area contributed by atoms with E-state index in [0.29, 0.717) is 11.4 Å². The van der Waals surface area contributed by atoms with Gasteiger partial charge in [0.2, 0.25) is 5.91 Å². The minimum Gasteiger partial charge on any atom is -0.483 e. The van der Waals surface area contributed by atoms with E-state index in [1.54, 1.807) is 31.3 Å². The lowest BCUT2D eigenvalue weighted by Crippen LogP contribution is -2.37. The minimum atomic E-state index is -0.351. The third-order valence-electron chi connectivity index (χ3n) is 4.51. The van der Waals surface area contributed by atoms with Crippen LogP contribution in [-0.2, 0) is 9.59 Å². The SMILES string of the molecule is CC(=O)N(C)c1ccc(NC(=S)NC(=O)COc2cc(C)c(Br)cc2C(C)C)cc1. The molecule has 2 rings (SSSR count). The normalized spacial score (nSPS) is 10.5. The number of thiocarbonyl (C=S) groups is 1. The van der Waals surface area contributed by atoms with Crippen LogP contribution in [0.25, 0.3) is 0 Å². The highest BCUT2D eigenvalue weighted by Crippen LogP contribution is 2.32. The standard InChI is InChI=1S/C22H26BrN3O3S/c1-13(2)18-11-19(23)14(3)10-20(18)29-12-21(28)25-22(30)24-16-6-8-17(9-7-16)26(5)15(4)27/h6-11,13H,12H2,1-5H3,(H2,24,25,28,30). The van der Waals surface area contributed by atoms with Crippen LogP contribution >= 0.6 is 28.1 Å². The van der Waals surface area contributed by atoms with Gasteiger partial charge in [-0.3, -0.25) is 14.9 Å². The third-order valence-corrected chi connectivity index (χ3v) is 5.57. The highest BCUT2D eigenvalue weighted by atomic mass is 79.9. The highest BCUT2D eigenvalue weighted by molar-refractivity contribution is 9.10. The molecule has 0 aliphatic rings. The third kappa shape index (κ3) is 6.53. The zero-order valence-electron chi connectivity index (χ0n) is 17.7. The molecule has 160 valence electrons. The first kappa shape index (κ1) is 23.8. The molecule has 0 atom stereocenters. The monoisotopic (exact) mass is 491 g/mol. The summed E-state index contributed by atoms with van der Waals surface area (Å²) in [4.78, 5) is 25.2. The lowest BCUT2D eigenvalue weighted by Gasteiger charge is -2.17. The van der Waals surface area contributed by atoms with Crippen LogP contribution in [0.4, 0.5) is 11.4 Å². The van der Waals surface area contributed by atoms with Gasteiger partial charge in [0.1, 0.15) is 5.75 Å². The zero-order chi connectivity index (χ0) is 22.4. The van der Waals surface area contributed by atoms with E-state index in [1.165, 1.54) is 11.8 Å². The summed E-state index contributed by atoms with van der Waals surface area (Å²) in [5.41, 5.74) is 3.53. The van der Waals surface area contributed by atoms with E-state index in [4.69, 9.17) is 17.0 Å². The van der Waals surface area contributed by atoms with Crippen molar-refractivity contribution in [3.05, 3.63) is 52.0 Å². The van der Waals surface area contributed by atoms with Crippen LogP contribution in [0.5, 0.6) is 5.75 Å². The molecule has 0 spiro atoms. The summed E-state index contributed by atoms with van der Waals surface area (Å²) in [5.74, 6) is 0.536. The van der Waals surface area contributed by atoms with Crippen LogP contribution in [0.3, 0.4) is 0 Å². The van der Waals surface area contributed by atoms with Crippen molar-refractivity contribution in [2.24, 2.45) is 0 Å². The van der Waals surface area contributed by atoms with Gasteiger partial charge in [-0.25, -0.2) is 0 Å². The Morgan fingerprint density at radius 1 is 1.20 bits per heavy atom. The fourth-order valence-corrected chi connectivity index (χ4v) is 3.26. The average molecular weight is 492 g/mol. The maximum absolute atomic E-state index is 12.3. The maximum Gasteiger partial charge on any atom is 0.264 e. The Bertz CT molecular complexity index is 945. The lowest BCUT2D eigenvalue weighted by atomic mass is 10.0. The molecule has 0 fully saturated rings. The van der Waals surface area contributed by atoms with Gasteiger partial charge in [-0.1, -0.05) is 29.8 Å². The summed E-state index contributed by atoms with van der Waals surface area (Å²) in [6.45, 7) is 7.47. The molecule has 0 aliphatic carbocycles. The number of rotatable bonds is 6. The van der Waals surface area contributed by atoms with Crippen LogP contribution in [0.15, 0.2) is 40.9 Å². The Labute approximate surface area is 191 Å². The molecule has 0 aromatic heterocycles. The average Bonchev–Trinajstić information content (AvgIpc) is 2.68. The minimum absolute atomic E-state index is 0.0555. The molecule has 0 heterocycles. The molecule has 0 unspecified atom stereocenters. The number of nitrogens with one attached hydrogen (secondary N) is 2. The van der Waals surface area contributed by atoms with Crippen LogP contribution in [-0.4, -0.2) is 30.6 Å². The second-order valence-corrected chi connectivity index (χ2v) is 8.47. The van der Waals surface area contributed by atoms with Gasteiger partial charge >= 0.3 is 0 Å².